The van der Waals surface area contributed by atoms with Gasteiger partial charge in [-0.2, -0.15) is 0 Å². The van der Waals surface area contributed by atoms with Gasteiger partial charge in [-0.25, -0.2) is 0 Å². The van der Waals surface area contributed by atoms with Gasteiger partial charge in [0.25, 0.3) is 5.91 Å². The van der Waals surface area contributed by atoms with Gasteiger partial charge in [-0.1, -0.05) is 0 Å². The topological polar surface area (TPSA) is 46.4 Å². The number of aryl methyl sites for hydroxylation is 2. The quantitative estimate of drug-likeness (QED) is 0.889. The van der Waals surface area contributed by atoms with Gasteiger partial charge in [-0.3, -0.25) is 9.78 Å². The first-order valence-electron chi connectivity index (χ1n) is 9.98. The summed E-state index contributed by atoms with van der Waals surface area (Å²) in [5, 5.41) is 3.34. The van der Waals surface area contributed by atoms with Gasteiger partial charge in [0, 0.05) is 11.4 Å². The monoisotopic (exact) mass is 328 g/mol. The Bertz CT molecular complexity index is 618. The minimum Gasteiger partial charge on any atom is -0.327 e. The molecule has 1 aromatic heterocycles. The Hall–Kier alpha value is -1.42. The highest BCUT2D eigenvalue weighted by molar-refractivity contribution is 5.93. The number of rotatable bonds is 3. The Morgan fingerprint density at radius 1 is 0.833 bits per heavy atom. The molecule has 0 atom stereocenters. The largest absolute Gasteiger partial charge is 0.327 e. The normalized spacial score (nSPS) is 21.0. The van der Waals surface area contributed by atoms with Crippen LogP contribution in [-0.2, 0) is 30.5 Å². The molecular weight excluding hydrogens is 298 g/mol. The average molecular weight is 328 g/mol. The summed E-state index contributed by atoms with van der Waals surface area (Å²) in [4.78, 5) is 19.1. The number of hydrogen-bond acceptors (Lipinski definition) is 2. The Balaban J connectivity index is 1.53. The van der Waals surface area contributed by atoms with Crippen LogP contribution in [0.15, 0.2) is 0 Å². The summed E-state index contributed by atoms with van der Waals surface area (Å²) >= 11 is 0. The summed E-state index contributed by atoms with van der Waals surface area (Å²) in [7, 11) is 0. The Morgan fingerprint density at radius 3 is 2.21 bits per heavy atom. The van der Waals surface area contributed by atoms with Crippen molar-refractivity contribution in [2.45, 2.75) is 70.6 Å². The van der Waals surface area contributed by atoms with Crippen molar-refractivity contribution in [2.24, 2.45) is 0 Å². The Kier molecular flexibility index (Phi) is 4.83. The maximum Gasteiger partial charge on any atom is 0.279 e. The molecule has 1 fully saturated rings. The van der Waals surface area contributed by atoms with E-state index in [2.05, 4.69) is 5.32 Å². The first kappa shape index (κ1) is 16.1. The number of nitrogens with one attached hydrogen (secondary N) is 2. The van der Waals surface area contributed by atoms with Crippen LogP contribution in [0.1, 0.15) is 67.5 Å². The highest BCUT2D eigenvalue weighted by atomic mass is 16.2. The van der Waals surface area contributed by atoms with Crippen molar-refractivity contribution >= 4 is 11.6 Å². The molecule has 1 saturated heterocycles. The number of likely N-dealkylation sites (tertiary alicyclic amines) is 1. The van der Waals surface area contributed by atoms with Crippen LogP contribution in [0, 0.1) is 0 Å². The summed E-state index contributed by atoms with van der Waals surface area (Å²) in [6.07, 6.45) is 13.2. The zero-order chi connectivity index (χ0) is 16.4. The molecule has 2 N–H and O–H groups in total. The molecule has 0 bridgehead atoms. The Labute approximate surface area is 145 Å². The van der Waals surface area contributed by atoms with Gasteiger partial charge in [0.05, 0.1) is 18.8 Å². The van der Waals surface area contributed by atoms with E-state index < -0.39 is 0 Å². The molecular formula is C20H30N3O+. The molecule has 0 saturated carbocycles. The van der Waals surface area contributed by atoms with Gasteiger partial charge in [0.15, 0.2) is 6.54 Å². The molecule has 0 unspecified atom stereocenters. The number of nitrogens with zero attached hydrogens (tertiary/aromatic N) is 1. The second-order valence-corrected chi connectivity index (χ2v) is 7.79. The standard InChI is InChI=1S/C20H29N3O/c24-19(14-23-12-5-1-2-6-13-23)22-20-15-8-3-4-10-17(15)21-18-11-7-9-16(18)20/h1-14H2,(H,21,22,24)/p+1. The third-order valence-corrected chi connectivity index (χ3v) is 5.99. The molecule has 4 nitrogen and oxygen atoms in total. The minimum atomic E-state index is 0.208. The van der Waals surface area contributed by atoms with Crippen LogP contribution in [0.5, 0.6) is 0 Å². The first-order valence-corrected chi connectivity index (χ1v) is 9.98. The van der Waals surface area contributed by atoms with Crippen molar-refractivity contribution in [3.05, 3.63) is 22.5 Å². The summed E-state index contributed by atoms with van der Waals surface area (Å²) in [5.74, 6) is 0.208. The molecule has 1 aliphatic heterocycles. The van der Waals surface area contributed by atoms with Crippen LogP contribution >= 0.6 is 0 Å². The van der Waals surface area contributed by atoms with E-state index in [0.717, 1.165) is 44.5 Å². The number of pyridine rings is 1. The number of quaternary nitrogens is 1. The van der Waals surface area contributed by atoms with E-state index in [-0.39, 0.29) is 5.91 Å². The van der Waals surface area contributed by atoms with Crippen LogP contribution in [0.2, 0.25) is 0 Å². The lowest BCUT2D eigenvalue weighted by Crippen LogP contribution is -3.12. The van der Waals surface area contributed by atoms with Crippen LogP contribution < -0.4 is 10.2 Å². The molecule has 3 aliphatic rings. The molecule has 0 spiro atoms. The second-order valence-electron chi connectivity index (χ2n) is 7.79. The lowest BCUT2D eigenvalue weighted by atomic mass is 9.92. The SMILES string of the molecule is O=C(C[NH+]1CCCCCC1)Nc1c2c(nc3c1CCC3)CCCC2. The van der Waals surface area contributed by atoms with Crippen molar-refractivity contribution in [3.8, 4) is 0 Å². The predicted molar refractivity (Wildman–Crippen MR) is 95.6 cm³/mol. The molecule has 1 amide bonds. The summed E-state index contributed by atoms with van der Waals surface area (Å²) in [6, 6.07) is 0. The van der Waals surface area contributed by atoms with E-state index in [0.29, 0.717) is 6.54 Å². The first-order chi connectivity index (χ1) is 11.8. The molecule has 0 aromatic carbocycles. The van der Waals surface area contributed by atoms with E-state index in [1.807, 2.05) is 0 Å². The van der Waals surface area contributed by atoms with E-state index in [4.69, 9.17) is 4.98 Å². The number of anilines is 1. The molecule has 130 valence electrons. The molecule has 1 aromatic rings. The smallest absolute Gasteiger partial charge is 0.279 e. The molecule has 2 heterocycles. The number of hydrogen-bond donors (Lipinski definition) is 2. The van der Waals surface area contributed by atoms with E-state index in [9.17, 15) is 4.79 Å². The lowest BCUT2D eigenvalue weighted by molar-refractivity contribution is -0.890. The van der Waals surface area contributed by atoms with E-state index in [1.165, 1.54) is 72.4 Å². The minimum absolute atomic E-state index is 0.208. The molecule has 2 aliphatic carbocycles. The van der Waals surface area contributed by atoms with Gasteiger partial charge in [-0.15, -0.1) is 0 Å². The van der Waals surface area contributed by atoms with Crippen LogP contribution in [0.4, 0.5) is 5.69 Å². The number of amides is 1. The fourth-order valence-electron chi connectivity index (χ4n) is 4.71. The maximum atomic E-state index is 12.7. The predicted octanol–water partition coefficient (Wildman–Crippen LogP) is 1.85. The van der Waals surface area contributed by atoms with Crippen molar-refractivity contribution in [2.75, 3.05) is 25.0 Å². The fourth-order valence-corrected chi connectivity index (χ4v) is 4.71. The highest BCUT2D eigenvalue weighted by Gasteiger charge is 2.26. The zero-order valence-electron chi connectivity index (χ0n) is 14.8. The summed E-state index contributed by atoms with van der Waals surface area (Å²) in [5.41, 5.74) is 6.37. The average Bonchev–Trinajstić information content (AvgIpc) is 2.91. The van der Waals surface area contributed by atoms with Gasteiger partial charge >= 0.3 is 0 Å². The van der Waals surface area contributed by atoms with Crippen molar-refractivity contribution in [1.29, 1.82) is 0 Å². The molecule has 4 rings (SSSR count). The second kappa shape index (κ2) is 7.22. The van der Waals surface area contributed by atoms with Crippen LogP contribution in [0.25, 0.3) is 0 Å². The van der Waals surface area contributed by atoms with Gasteiger partial charge in [-0.05, 0) is 81.8 Å². The Morgan fingerprint density at radius 2 is 1.46 bits per heavy atom. The molecule has 0 radical (unpaired) electrons. The third kappa shape index (κ3) is 3.34. The lowest BCUT2D eigenvalue weighted by Gasteiger charge is -2.23. The van der Waals surface area contributed by atoms with Crippen molar-refractivity contribution in [3.63, 3.8) is 0 Å². The highest BCUT2D eigenvalue weighted by Crippen LogP contribution is 2.35. The molecule has 24 heavy (non-hydrogen) atoms. The fraction of sp³-hybridized carbons (Fsp3) is 0.700. The molecule has 4 heteroatoms. The van der Waals surface area contributed by atoms with Crippen molar-refractivity contribution < 1.29 is 9.69 Å². The zero-order valence-corrected chi connectivity index (χ0v) is 14.8. The third-order valence-electron chi connectivity index (χ3n) is 5.99. The van der Waals surface area contributed by atoms with E-state index in [1.54, 1.807) is 0 Å². The maximum absolute atomic E-state index is 12.7. The summed E-state index contributed by atoms with van der Waals surface area (Å²) < 4.78 is 0. The number of carbonyl (C=O) groups excluding carboxylic acids is 1. The van der Waals surface area contributed by atoms with Crippen molar-refractivity contribution in [1.82, 2.24) is 4.98 Å². The van der Waals surface area contributed by atoms with Crippen LogP contribution in [0.3, 0.4) is 0 Å². The van der Waals surface area contributed by atoms with Crippen LogP contribution in [-0.4, -0.2) is 30.5 Å². The number of carbonyl (C=O) groups is 1. The van der Waals surface area contributed by atoms with E-state index >= 15 is 0 Å². The van der Waals surface area contributed by atoms with Gasteiger partial charge in [0.1, 0.15) is 0 Å². The summed E-state index contributed by atoms with van der Waals surface area (Å²) in [6.45, 7) is 2.94. The number of aromatic nitrogens is 1. The van der Waals surface area contributed by atoms with Gasteiger partial charge < -0.3 is 10.2 Å². The number of fused-ring (bicyclic) bond motifs is 2. The van der Waals surface area contributed by atoms with Gasteiger partial charge in [0.2, 0.25) is 0 Å².